The number of hydrogen-bond donors (Lipinski definition) is 1. The van der Waals surface area contributed by atoms with Gasteiger partial charge in [0, 0.05) is 24.7 Å². The number of benzene rings is 1. The molecule has 0 bridgehead atoms. The first-order valence-electron chi connectivity index (χ1n) is 5.07. The van der Waals surface area contributed by atoms with Gasteiger partial charge in [-0.15, -0.1) is 0 Å². The highest BCUT2D eigenvalue weighted by molar-refractivity contribution is 9.10. The van der Waals surface area contributed by atoms with Crippen molar-refractivity contribution < 1.29 is 9.47 Å². The summed E-state index contributed by atoms with van der Waals surface area (Å²) >= 11 is 9.65. The molecule has 0 aliphatic carbocycles. The molecule has 1 fully saturated rings. The first kappa shape index (κ1) is 12.2. The summed E-state index contributed by atoms with van der Waals surface area (Å²) in [6.45, 7) is 2.40. The van der Waals surface area contributed by atoms with Gasteiger partial charge in [-0.05, 0) is 22.0 Å². The molecule has 1 saturated heterocycles. The van der Waals surface area contributed by atoms with Gasteiger partial charge in [0.05, 0.1) is 29.3 Å². The number of rotatable bonds is 2. The van der Waals surface area contributed by atoms with Gasteiger partial charge in [-0.3, -0.25) is 0 Å². The molecule has 1 aliphatic rings. The maximum Gasteiger partial charge on any atom is 0.134 e. The SMILES string of the molecule is COc1cc(Cl)c(C2CNCCO2)cc1Br. The van der Waals surface area contributed by atoms with E-state index >= 15 is 0 Å². The minimum absolute atomic E-state index is 0.0171. The lowest BCUT2D eigenvalue weighted by Gasteiger charge is -2.25. The first-order chi connectivity index (χ1) is 7.72. The Bertz CT molecular complexity index is 380. The number of hydrogen-bond acceptors (Lipinski definition) is 3. The van der Waals surface area contributed by atoms with Gasteiger partial charge >= 0.3 is 0 Å². The van der Waals surface area contributed by atoms with Crippen LogP contribution in [-0.4, -0.2) is 26.8 Å². The Morgan fingerprint density at radius 1 is 1.56 bits per heavy atom. The lowest BCUT2D eigenvalue weighted by Crippen LogP contribution is -2.33. The number of halogens is 2. The summed E-state index contributed by atoms with van der Waals surface area (Å²) in [4.78, 5) is 0. The van der Waals surface area contributed by atoms with Crippen molar-refractivity contribution in [3.05, 3.63) is 27.2 Å². The Balaban J connectivity index is 2.29. The van der Waals surface area contributed by atoms with E-state index in [0.29, 0.717) is 11.6 Å². The van der Waals surface area contributed by atoms with Crippen LogP contribution in [0.3, 0.4) is 0 Å². The summed E-state index contributed by atoms with van der Waals surface area (Å²) in [6.07, 6.45) is 0.0171. The number of methoxy groups -OCH3 is 1. The molecule has 2 rings (SSSR count). The fourth-order valence-electron chi connectivity index (χ4n) is 1.71. The predicted octanol–water partition coefficient (Wildman–Crippen LogP) is 2.77. The van der Waals surface area contributed by atoms with Gasteiger partial charge in [-0.2, -0.15) is 0 Å². The summed E-state index contributed by atoms with van der Waals surface area (Å²) in [5, 5.41) is 3.95. The molecule has 5 heteroatoms. The molecule has 1 aliphatic heterocycles. The van der Waals surface area contributed by atoms with Crippen LogP contribution in [0.2, 0.25) is 5.02 Å². The van der Waals surface area contributed by atoms with Crippen LogP contribution in [0, 0.1) is 0 Å². The van der Waals surface area contributed by atoms with E-state index in [1.54, 1.807) is 13.2 Å². The maximum absolute atomic E-state index is 6.20. The van der Waals surface area contributed by atoms with Crippen LogP contribution < -0.4 is 10.1 Å². The van der Waals surface area contributed by atoms with Gasteiger partial charge in [0.15, 0.2) is 0 Å². The third-order valence-corrected chi connectivity index (χ3v) is 3.49. The van der Waals surface area contributed by atoms with Crippen molar-refractivity contribution in [1.82, 2.24) is 5.32 Å². The van der Waals surface area contributed by atoms with Crippen LogP contribution >= 0.6 is 27.5 Å². The Morgan fingerprint density at radius 3 is 3.00 bits per heavy atom. The van der Waals surface area contributed by atoms with Gasteiger partial charge in [-0.1, -0.05) is 11.6 Å². The van der Waals surface area contributed by atoms with Crippen molar-refractivity contribution in [3.63, 3.8) is 0 Å². The maximum atomic E-state index is 6.20. The zero-order valence-electron chi connectivity index (χ0n) is 8.93. The summed E-state index contributed by atoms with van der Waals surface area (Å²) in [5.74, 6) is 0.734. The number of morpholine rings is 1. The number of nitrogens with one attached hydrogen (secondary N) is 1. The van der Waals surface area contributed by atoms with E-state index in [1.807, 2.05) is 6.07 Å². The van der Waals surface area contributed by atoms with E-state index in [1.165, 1.54) is 0 Å². The lowest BCUT2D eigenvalue weighted by molar-refractivity contribution is 0.0277. The van der Waals surface area contributed by atoms with Crippen molar-refractivity contribution in [3.8, 4) is 5.75 Å². The van der Waals surface area contributed by atoms with Gasteiger partial charge in [0.1, 0.15) is 5.75 Å². The molecule has 0 spiro atoms. The lowest BCUT2D eigenvalue weighted by atomic mass is 10.1. The Labute approximate surface area is 108 Å². The standard InChI is InChI=1S/C11H13BrClNO2/c1-15-10-5-9(13)7(4-8(10)12)11-6-14-2-3-16-11/h4-5,11,14H,2-3,6H2,1H3. The summed E-state index contributed by atoms with van der Waals surface area (Å²) in [6, 6.07) is 3.76. The summed E-state index contributed by atoms with van der Waals surface area (Å²) in [7, 11) is 1.62. The van der Waals surface area contributed by atoms with Gasteiger partial charge < -0.3 is 14.8 Å². The smallest absolute Gasteiger partial charge is 0.134 e. The molecule has 1 N–H and O–H groups in total. The average molecular weight is 307 g/mol. The molecular weight excluding hydrogens is 293 g/mol. The first-order valence-corrected chi connectivity index (χ1v) is 6.24. The zero-order chi connectivity index (χ0) is 11.5. The highest BCUT2D eigenvalue weighted by Crippen LogP contribution is 2.35. The van der Waals surface area contributed by atoms with Gasteiger partial charge in [-0.25, -0.2) is 0 Å². The molecule has 0 saturated carbocycles. The third kappa shape index (κ3) is 2.51. The highest BCUT2D eigenvalue weighted by atomic mass is 79.9. The van der Waals surface area contributed by atoms with E-state index in [9.17, 15) is 0 Å². The van der Waals surface area contributed by atoms with Crippen molar-refractivity contribution in [2.24, 2.45) is 0 Å². The Morgan fingerprint density at radius 2 is 2.38 bits per heavy atom. The molecule has 1 unspecified atom stereocenters. The van der Waals surface area contributed by atoms with E-state index in [0.717, 1.165) is 28.9 Å². The second-order valence-corrected chi connectivity index (χ2v) is 4.83. The molecule has 0 amide bonds. The Hall–Kier alpha value is -0.290. The van der Waals surface area contributed by atoms with E-state index in [-0.39, 0.29) is 6.10 Å². The minimum atomic E-state index is 0.0171. The van der Waals surface area contributed by atoms with E-state index < -0.39 is 0 Å². The molecule has 0 radical (unpaired) electrons. The number of ether oxygens (including phenoxy) is 2. The average Bonchev–Trinajstić information content (AvgIpc) is 2.32. The van der Waals surface area contributed by atoms with Crippen LogP contribution in [0.25, 0.3) is 0 Å². The normalized spacial score (nSPS) is 20.8. The van der Waals surface area contributed by atoms with Crippen molar-refractivity contribution in [1.29, 1.82) is 0 Å². The van der Waals surface area contributed by atoms with Crippen LogP contribution in [0.1, 0.15) is 11.7 Å². The van der Waals surface area contributed by atoms with Gasteiger partial charge in [0.2, 0.25) is 0 Å². The second kappa shape index (κ2) is 5.36. The minimum Gasteiger partial charge on any atom is -0.496 e. The monoisotopic (exact) mass is 305 g/mol. The topological polar surface area (TPSA) is 30.5 Å². The van der Waals surface area contributed by atoms with Crippen LogP contribution in [-0.2, 0) is 4.74 Å². The molecule has 88 valence electrons. The summed E-state index contributed by atoms with van der Waals surface area (Å²) in [5.41, 5.74) is 0.988. The molecule has 1 heterocycles. The van der Waals surface area contributed by atoms with Crippen LogP contribution in [0.15, 0.2) is 16.6 Å². The molecule has 0 aromatic heterocycles. The molecular formula is C11H13BrClNO2. The molecule has 1 atom stereocenters. The molecule has 16 heavy (non-hydrogen) atoms. The predicted molar refractivity (Wildman–Crippen MR) is 67.3 cm³/mol. The van der Waals surface area contributed by atoms with Crippen LogP contribution in [0.4, 0.5) is 0 Å². The fraction of sp³-hybridized carbons (Fsp3) is 0.455. The highest BCUT2D eigenvalue weighted by Gasteiger charge is 2.20. The van der Waals surface area contributed by atoms with E-state index in [4.69, 9.17) is 21.1 Å². The fourth-order valence-corrected chi connectivity index (χ4v) is 2.51. The van der Waals surface area contributed by atoms with Crippen molar-refractivity contribution >= 4 is 27.5 Å². The Kier molecular flexibility index (Phi) is 4.08. The third-order valence-electron chi connectivity index (χ3n) is 2.55. The summed E-state index contributed by atoms with van der Waals surface area (Å²) < 4.78 is 11.7. The zero-order valence-corrected chi connectivity index (χ0v) is 11.3. The van der Waals surface area contributed by atoms with E-state index in [2.05, 4.69) is 21.2 Å². The molecule has 1 aromatic rings. The second-order valence-electron chi connectivity index (χ2n) is 3.57. The molecule has 3 nitrogen and oxygen atoms in total. The van der Waals surface area contributed by atoms with Crippen molar-refractivity contribution in [2.75, 3.05) is 26.8 Å². The largest absolute Gasteiger partial charge is 0.496 e. The quantitative estimate of drug-likeness (QED) is 0.911. The van der Waals surface area contributed by atoms with Gasteiger partial charge in [0.25, 0.3) is 0 Å². The molecule has 1 aromatic carbocycles. The van der Waals surface area contributed by atoms with Crippen molar-refractivity contribution in [2.45, 2.75) is 6.10 Å². The van der Waals surface area contributed by atoms with Crippen LogP contribution in [0.5, 0.6) is 5.75 Å².